The second kappa shape index (κ2) is 7.91. The Kier molecular flexibility index (Phi) is 5.32. The van der Waals surface area contributed by atoms with E-state index in [1.54, 1.807) is 18.0 Å². The van der Waals surface area contributed by atoms with Crippen molar-refractivity contribution in [2.45, 2.75) is 50.6 Å². The molecule has 3 heterocycles. The molecule has 29 heavy (non-hydrogen) atoms. The summed E-state index contributed by atoms with van der Waals surface area (Å²) >= 11 is 1.57. The molecule has 0 spiro atoms. The van der Waals surface area contributed by atoms with Crippen molar-refractivity contribution in [2.24, 2.45) is 0 Å². The molecule has 4 rings (SSSR count). The van der Waals surface area contributed by atoms with Crippen molar-refractivity contribution >= 4 is 11.8 Å². The average molecular weight is 409 g/mol. The molecule has 0 aliphatic heterocycles. The minimum atomic E-state index is 0.108. The number of furan rings is 1. The Balaban J connectivity index is 1.64. The van der Waals surface area contributed by atoms with Gasteiger partial charge in [-0.3, -0.25) is 4.57 Å². The largest absolute Gasteiger partial charge is 0.467 e. The van der Waals surface area contributed by atoms with Crippen LogP contribution in [-0.4, -0.2) is 19.9 Å². The fraction of sp³-hybridized carbons (Fsp3) is 0.318. The molecule has 0 radical (unpaired) electrons. The Morgan fingerprint density at radius 1 is 1.03 bits per heavy atom. The third kappa shape index (κ3) is 4.45. The third-order valence-electron chi connectivity index (χ3n) is 4.64. The lowest BCUT2D eigenvalue weighted by Crippen LogP contribution is -2.10. The van der Waals surface area contributed by atoms with Gasteiger partial charge in [-0.2, -0.15) is 0 Å². The first kappa shape index (κ1) is 19.5. The van der Waals surface area contributed by atoms with Crippen LogP contribution in [0.5, 0.6) is 0 Å². The molecule has 0 amide bonds. The molecule has 3 aromatic heterocycles. The second-order valence-electron chi connectivity index (χ2n) is 8.02. The van der Waals surface area contributed by atoms with Crippen molar-refractivity contribution in [3.63, 3.8) is 0 Å². The summed E-state index contributed by atoms with van der Waals surface area (Å²) in [5.41, 5.74) is 3.29. The minimum Gasteiger partial charge on any atom is -0.467 e. The maximum absolute atomic E-state index is 5.57. The maximum Gasteiger partial charge on any atom is 0.192 e. The van der Waals surface area contributed by atoms with E-state index in [1.165, 1.54) is 5.56 Å². The summed E-state index contributed by atoms with van der Waals surface area (Å²) in [7, 11) is 0. The molecule has 4 aromatic rings. The van der Waals surface area contributed by atoms with Gasteiger partial charge in [-0.1, -0.05) is 62.0 Å². The summed E-state index contributed by atoms with van der Waals surface area (Å²) in [4.78, 5) is 0. The lowest BCUT2D eigenvalue weighted by Gasteiger charge is -2.19. The van der Waals surface area contributed by atoms with Crippen LogP contribution in [0.4, 0.5) is 0 Å². The summed E-state index contributed by atoms with van der Waals surface area (Å²) in [6.45, 7) is 9.11. The molecule has 0 saturated heterocycles. The fourth-order valence-corrected chi connectivity index (χ4v) is 3.86. The van der Waals surface area contributed by atoms with Crippen LogP contribution >= 0.6 is 11.8 Å². The van der Waals surface area contributed by atoms with Gasteiger partial charge >= 0.3 is 0 Å². The molecule has 6 nitrogen and oxygen atoms in total. The number of rotatable bonds is 6. The van der Waals surface area contributed by atoms with E-state index < -0.39 is 0 Å². The van der Waals surface area contributed by atoms with Gasteiger partial charge in [0.1, 0.15) is 11.5 Å². The fourth-order valence-electron chi connectivity index (χ4n) is 3.05. The Labute approximate surface area is 174 Å². The van der Waals surface area contributed by atoms with E-state index in [9.17, 15) is 0 Å². The molecular weight excluding hydrogens is 384 g/mol. The smallest absolute Gasteiger partial charge is 0.192 e. The Bertz CT molecular complexity index is 1070. The SMILES string of the molecule is Cc1cc(CSc2nnc(-c3ccc(C(C)(C)C)cc3)n2Cc2ccco2)on1. The number of nitrogens with zero attached hydrogens (tertiary/aromatic N) is 4. The van der Waals surface area contributed by atoms with Gasteiger partial charge in [0.15, 0.2) is 11.0 Å². The van der Waals surface area contributed by atoms with Gasteiger partial charge in [-0.05, 0) is 30.0 Å². The number of aryl methyl sites for hydroxylation is 1. The zero-order valence-electron chi connectivity index (χ0n) is 17.0. The van der Waals surface area contributed by atoms with Crippen molar-refractivity contribution < 1.29 is 8.94 Å². The van der Waals surface area contributed by atoms with Gasteiger partial charge in [0.05, 0.1) is 24.3 Å². The van der Waals surface area contributed by atoms with Crippen LogP contribution in [0.1, 0.15) is 43.5 Å². The molecule has 0 N–H and O–H groups in total. The van der Waals surface area contributed by atoms with Gasteiger partial charge in [0, 0.05) is 11.6 Å². The van der Waals surface area contributed by atoms with E-state index in [0.717, 1.165) is 33.8 Å². The first-order chi connectivity index (χ1) is 13.9. The molecule has 0 aliphatic carbocycles. The van der Waals surface area contributed by atoms with Gasteiger partial charge in [0.25, 0.3) is 0 Å². The number of hydrogen-bond donors (Lipinski definition) is 0. The van der Waals surface area contributed by atoms with E-state index in [1.807, 2.05) is 25.1 Å². The van der Waals surface area contributed by atoms with Gasteiger partial charge < -0.3 is 8.94 Å². The number of aromatic nitrogens is 4. The highest BCUT2D eigenvalue weighted by atomic mass is 32.2. The Hall–Kier alpha value is -2.80. The second-order valence-corrected chi connectivity index (χ2v) is 8.96. The van der Waals surface area contributed by atoms with Crippen molar-refractivity contribution in [3.05, 3.63) is 71.5 Å². The van der Waals surface area contributed by atoms with Crippen LogP contribution in [0.25, 0.3) is 11.4 Å². The molecule has 0 bridgehead atoms. The maximum atomic E-state index is 5.57. The van der Waals surface area contributed by atoms with Gasteiger partial charge in [-0.15, -0.1) is 10.2 Å². The van der Waals surface area contributed by atoms with Gasteiger partial charge in [0.2, 0.25) is 0 Å². The summed E-state index contributed by atoms with van der Waals surface area (Å²) in [6, 6.07) is 14.3. The highest BCUT2D eigenvalue weighted by molar-refractivity contribution is 7.98. The first-order valence-corrected chi connectivity index (χ1v) is 10.5. The van der Waals surface area contributed by atoms with Crippen LogP contribution in [0.15, 0.2) is 62.8 Å². The summed E-state index contributed by atoms with van der Waals surface area (Å²) < 4.78 is 13.0. The monoisotopic (exact) mass is 408 g/mol. The highest BCUT2D eigenvalue weighted by Gasteiger charge is 2.18. The lowest BCUT2D eigenvalue weighted by atomic mass is 9.87. The van der Waals surface area contributed by atoms with E-state index in [2.05, 4.69) is 65.0 Å². The molecule has 0 unspecified atom stereocenters. The number of benzene rings is 1. The van der Waals surface area contributed by atoms with E-state index in [0.29, 0.717) is 12.3 Å². The first-order valence-electron chi connectivity index (χ1n) is 9.51. The zero-order chi connectivity index (χ0) is 20.4. The molecule has 7 heteroatoms. The normalized spacial score (nSPS) is 11.9. The summed E-state index contributed by atoms with van der Waals surface area (Å²) in [5, 5.41) is 13.7. The van der Waals surface area contributed by atoms with Crippen LogP contribution in [0.3, 0.4) is 0 Å². The van der Waals surface area contributed by atoms with Crippen LogP contribution in [-0.2, 0) is 17.7 Å². The molecular formula is C22H24N4O2S. The van der Waals surface area contributed by atoms with Crippen molar-refractivity contribution in [1.29, 1.82) is 0 Å². The number of hydrogen-bond acceptors (Lipinski definition) is 6. The predicted molar refractivity (Wildman–Crippen MR) is 113 cm³/mol. The van der Waals surface area contributed by atoms with E-state index >= 15 is 0 Å². The minimum absolute atomic E-state index is 0.108. The standard InChI is InChI=1S/C22H24N4O2S/c1-15-12-19(28-25-15)14-29-21-24-23-20(26(21)13-18-6-5-11-27-18)16-7-9-17(10-8-16)22(2,3)4/h5-12H,13-14H2,1-4H3. The molecule has 150 valence electrons. The molecule has 0 aliphatic rings. The number of thioether (sulfide) groups is 1. The third-order valence-corrected chi connectivity index (χ3v) is 5.63. The topological polar surface area (TPSA) is 69.9 Å². The Morgan fingerprint density at radius 2 is 1.83 bits per heavy atom. The quantitative estimate of drug-likeness (QED) is 0.394. The van der Waals surface area contributed by atoms with Crippen LogP contribution < -0.4 is 0 Å². The van der Waals surface area contributed by atoms with Crippen LogP contribution in [0, 0.1) is 6.92 Å². The average Bonchev–Trinajstić information content (AvgIpc) is 3.42. The van der Waals surface area contributed by atoms with E-state index in [4.69, 9.17) is 8.94 Å². The highest BCUT2D eigenvalue weighted by Crippen LogP contribution is 2.29. The zero-order valence-corrected chi connectivity index (χ0v) is 17.9. The van der Waals surface area contributed by atoms with Crippen LogP contribution in [0.2, 0.25) is 0 Å². The predicted octanol–water partition coefficient (Wildman–Crippen LogP) is 5.47. The molecule has 0 fully saturated rings. The molecule has 0 atom stereocenters. The lowest BCUT2D eigenvalue weighted by molar-refractivity contribution is 0.391. The summed E-state index contributed by atoms with van der Waals surface area (Å²) in [6.07, 6.45) is 1.68. The van der Waals surface area contributed by atoms with Crippen molar-refractivity contribution in [3.8, 4) is 11.4 Å². The van der Waals surface area contributed by atoms with Crippen molar-refractivity contribution in [1.82, 2.24) is 19.9 Å². The summed E-state index contributed by atoms with van der Waals surface area (Å²) in [5.74, 6) is 3.13. The molecule has 1 aromatic carbocycles. The van der Waals surface area contributed by atoms with Gasteiger partial charge in [-0.25, -0.2) is 0 Å². The van der Waals surface area contributed by atoms with Crippen molar-refractivity contribution in [2.75, 3.05) is 0 Å². The Morgan fingerprint density at radius 3 is 2.45 bits per heavy atom. The molecule has 0 saturated carbocycles. The van der Waals surface area contributed by atoms with E-state index in [-0.39, 0.29) is 5.41 Å².